The summed E-state index contributed by atoms with van der Waals surface area (Å²) in [5, 5.41) is 11.9. The van der Waals surface area contributed by atoms with Crippen LogP contribution in [0.15, 0.2) is 0 Å². The van der Waals surface area contributed by atoms with Gasteiger partial charge in [-0.2, -0.15) is 0 Å². The molecule has 0 bridgehead atoms. The minimum Gasteiger partial charge on any atom is -0.379 e. The van der Waals surface area contributed by atoms with Crippen LogP contribution < -0.4 is 5.14 Å². The summed E-state index contributed by atoms with van der Waals surface area (Å²) in [5.74, 6) is -0.979. The normalized spacial score (nSPS) is 11.7. The molecule has 3 N–H and O–H groups in total. The molecule has 0 atom stereocenters. The van der Waals surface area contributed by atoms with Gasteiger partial charge in [-0.15, -0.1) is 0 Å². The van der Waals surface area contributed by atoms with Gasteiger partial charge in [-0.1, -0.05) is 0 Å². The molecule has 0 fully saturated rings. The van der Waals surface area contributed by atoms with Crippen LogP contribution in [0.3, 0.4) is 0 Å². The molecule has 5 heteroatoms. The van der Waals surface area contributed by atoms with Gasteiger partial charge in [0.1, 0.15) is 0 Å². The predicted octanol–water partition coefficient (Wildman–Crippen LogP) is -1.78. The van der Waals surface area contributed by atoms with Crippen molar-refractivity contribution in [2.24, 2.45) is 5.14 Å². The lowest BCUT2D eigenvalue weighted by Gasteiger charge is -1.81. The van der Waals surface area contributed by atoms with E-state index in [1.54, 1.807) is 0 Å². The van der Waals surface area contributed by atoms with Crippen LogP contribution in [-0.4, -0.2) is 19.5 Å². The molecule has 0 saturated heterocycles. The number of hydrogen-bond donors (Lipinski definition) is 2. The highest BCUT2D eigenvalue weighted by Crippen LogP contribution is 1.64. The van der Waals surface area contributed by atoms with Gasteiger partial charge in [0, 0.05) is 0 Å². The highest BCUT2D eigenvalue weighted by atomic mass is 32.2. The smallest absolute Gasteiger partial charge is 0.233 e. The standard InChI is InChI=1S/CH5NO3S/c2-6(4,5)1-3/h3H,1H2,(H2,2,4,5). The molecule has 0 aromatic rings. The molecular formula is CH5NO3S. The first-order valence-corrected chi connectivity index (χ1v) is 2.89. The first kappa shape index (κ1) is 5.87. The number of primary sulfonamides is 1. The summed E-state index contributed by atoms with van der Waals surface area (Å²) in [4.78, 5) is 0. The lowest BCUT2D eigenvalue weighted by Crippen LogP contribution is -2.15. The van der Waals surface area contributed by atoms with Gasteiger partial charge in [0.05, 0.1) is 0 Å². The summed E-state index contributed by atoms with van der Waals surface area (Å²) >= 11 is 0. The monoisotopic (exact) mass is 111 g/mol. The van der Waals surface area contributed by atoms with E-state index in [9.17, 15) is 8.42 Å². The molecule has 0 aromatic carbocycles. The number of sulfonamides is 1. The third kappa shape index (κ3) is 3.87. The molecule has 0 rings (SSSR count). The summed E-state index contributed by atoms with van der Waals surface area (Å²) in [6, 6.07) is 0. The van der Waals surface area contributed by atoms with Crippen molar-refractivity contribution in [1.82, 2.24) is 0 Å². The molecule has 0 aromatic heterocycles. The van der Waals surface area contributed by atoms with Crippen molar-refractivity contribution in [2.45, 2.75) is 0 Å². The van der Waals surface area contributed by atoms with E-state index >= 15 is 0 Å². The van der Waals surface area contributed by atoms with Gasteiger partial charge in [-0.25, -0.2) is 13.6 Å². The topological polar surface area (TPSA) is 80.4 Å². The second-order valence-electron chi connectivity index (χ2n) is 0.792. The minimum absolute atomic E-state index is 0.979. The highest BCUT2D eigenvalue weighted by molar-refractivity contribution is 7.88. The Bertz CT molecular complexity index is 113. The average molecular weight is 111 g/mol. The SMILES string of the molecule is NS(=O)(=O)CO. The summed E-state index contributed by atoms with van der Waals surface area (Å²) in [6.45, 7) is 0. The summed E-state index contributed by atoms with van der Waals surface area (Å²) < 4.78 is 19.1. The Balaban J connectivity index is 3.85. The first-order chi connectivity index (χ1) is 2.56. The van der Waals surface area contributed by atoms with Crippen LogP contribution in [0.4, 0.5) is 0 Å². The van der Waals surface area contributed by atoms with Crippen molar-refractivity contribution in [3.63, 3.8) is 0 Å². The van der Waals surface area contributed by atoms with Crippen molar-refractivity contribution in [1.29, 1.82) is 0 Å². The number of hydrogen-bond acceptors (Lipinski definition) is 3. The van der Waals surface area contributed by atoms with Gasteiger partial charge >= 0.3 is 0 Å². The molecule has 6 heavy (non-hydrogen) atoms. The number of rotatable bonds is 1. The van der Waals surface area contributed by atoms with E-state index in [1.807, 2.05) is 0 Å². The maximum atomic E-state index is 9.53. The molecule has 0 unspecified atom stereocenters. The van der Waals surface area contributed by atoms with E-state index in [0.717, 1.165) is 0 Å². The minimum atomic E-state index is -3.61. The molecular weight excluding hydrogens is 106 g/mol. The Morgan fingerprint density at radius 3 is 1.83 bits per heavy atom. The maximum absolute atomic E-state index is 9.53. The van der Waals surface area contributed by atoms with Gasteiger partial charge in [0.2, 0.25) is 10.0 Å². The second-order valence-corrected chi connectivity index (χ2v) is 2.38. The van der Waals surface area contributed by atoms with E-state index < -0.39 is 16.0 Å². The van der Waals surface area contributed by atoms with Crippen LogP contribution in [0.5, 0.6) is 0 Å². The lowest BCUT2D eigenvalue weighted by atomic mass is 11.7. The molecule has 0 radical (unpaired) electrons. The molecule has 0 heterocycles. The van der Waals surface area contributed by atoms with Crippen molar-refractivity contribution >= 4 is 10.0 Å². The summed E-state index contributed by atoms with van der Waals surface area (Å²) in [5.41, 5.74) is 0. The van der Waals surface area contributed by atoms with Crippen LogP contribution >= 0.6 is 0 Å². The zero-order valence-corrected chi connectivity index (χ0v) is 3.77. The summed E-state index contributed by atoms with van der Waals surface area (Å²) in [7, 11) is -3.61. The van der Waals surface area contributed by atoms with Crippen molar-refractivity contribution in [2.75, 3.05) is 5.94 Å². The molecule has 0 aliphatic rings. The Morgan fingerprint density at radius 1 is 1.67 bits per heavy atom. The molecule has 0 saturated carbocycles. The van der Waals surface area contributed by atoms with Crippen molar-refractivity contribution in [3.05, 3.63) is 0 Å². The zero-order valence-electron chi connectivity index (χ0n) is 2.96. The van der Waals surface area contributed by atoms with E-state index in [-0.39, 0.29) is 0 Å². The predicted molar refractivity (Wildman–Crippen MR) is 20.2 cm³/mol. The molecule has 0 amide bonds. The first-order valence-electron chi connectivity index (χ1n) is 1.17. The van der Waals surface area contributed by atoms with E-state index in [2.05, 4.69) is 5.14 Å². The second kappa shape index (κ2) is 1.55. The van der Waals surface area contributed by atoms with Crippen LogP contribution in [-0.2, 0) is 10.0 Å². The van der Waals surface area contributed by atoms with Crippen LogP contribution in [0, 0.1) is 0 Å². The highest BCUT2D eigenvalue weighted by Gasteiger charge is 1.92. The Kier molecular flexibility index (Phi) is 1.51. The largest absolute Gasteiger partial charge is 0.379 e. The van der Waals surface area contributed by atoms with Gasteiger partial charge in [0.25, 0.3) is 0 Å². The zero-order chi connectivity index (χ0) is 5.21. The number of aliphatic hydroxyl groups excluding tert-OH is 1. The van der Waals surface area contributed by atoms with E-state index in [4.69, 9.17) is 5.11 Å². The molecule has 0 aliphatic carbocycles. The van der Waals surface area contributed by atoms with Crippen LogP contribution in [0.25, 0.3) is 0 Å². The van der Waals surface area contributed by atoms with Crippen molar-refractivity contribution < 1.29 is 13.5 Å². The number of aliphatic hydroxyl groups is 1. The molecule has 4 nitrogen and oxygen atoms in total. The van der Waals surface area contributed by atoms with Crippen LogP contribution in [0.1, 0.15) is 0 Å². The molecule has 38 valence electrons. The third-order valence-corrected chi connectivity index (χ3v) is 0.540. The molecule has 0 aliphatic heterocycles. The van der Waals surface area contributed by atoms with Gasteiger partial charge in [-0.05, 0) is 0 Å². The quantitative estimate of drug-likeness (QED) is 0.420. The van der Waals surface area contributed by atoms with Gasteiger partial charge in [-0.3, -0.25) is 0 Å². The van der Waals surface area contributed by atoms with Gasteiger partial charge < -0.3 is 5.11 Å². The summed E-state index contributed by atoms with van der Waals surface area (Å²) in [6.07, 6.45) is 0. The Morgan fingerprint density at radius 2 is 1.83 bits per heavy atom. The fraction of sp³-hybridized carbons (Fsp3) is 1.00. The van der Waals surface area contributed by atoms with E-state index in [0.29, 0.717) is 0 Å². The van der Waals surface area contributed by atoms with Gasteiger partial charge in [0.15, 0.2) is 5.94 Å². The Labute approximate surface area is 35.6 Å². The average Bonchev–Trinajstić information content (AvgIpc) is 1.35. The van der Waals surface area contributed by atoms with Crippen molar-refractivity contribution in [3.8, 4) is 0 Å². The van der Waals surface area contributed by atoms with E-state index in [1.165, 1.54) is 0 Å². The maximum Gasteiger partial charge on any atom is 0.233 e. The fourth-order valence-corrected chi connectivity index (χ4v) is 0. The fourth-order valence-electron chi connectivity index (χ4n) is 0. The number of nitrogens with two attached hydrogens (primary N) is 1. The third-order valence-electron chi connectivity index (χ3n) is 0.180. The van der Waals surface area contributed by atoms with Crippen LogP contribution in [0.2, 0.25) is 0 Å². The molecule has 0 spiro atoms. The lowest BCUT2D eigenvalue weighted by molar-refractivity contribution is 0.359. The Hall–Kier alpha value is -0.130.